The lowest BCUT2D eigenvalue weighted by atomic mass is 10.1. The zero-order valence-electron chi connectivity index (χ0n) is 9.73. The molecule has 0 saturated carbocycles. The van der Waals surface area contributed by atoms with Gasteiger partial charge in [-0.25, -0.2) is 4.39 Å². The fourth-order valence-electron chi connectivity index (χ4n) is 1.68. The second-order valence-electron chi connectivity index (χ2n) is 4.21. The highest BCUT2D eigenvalue weighted by Crippen LogP contribution is 2.11. The fourth-order valence-corrected chi connectivity index (χ4v) is 1.68. The molecule has 0 saturated heterocycles. The van der Waals surface area contributed by atoms with Gasteiger partial charge in [-0.05, 0) is 13.3 Å². The Hall–Kier alpha value is -0.0700. The van der Waals surface area contributed by atoms with E-state index in [1.807, 2.05) is 0 Å². The molecule has 1 atom stereocenters. The van der Waals surface area contributed by atoms with Gasteiger partial charge in [0.05, 0.1) is 0 Å². The zero-order valence-corrected chi connectivity index (χ0v) is 9.73. The minimum absolute atomic E-state index is 0.649. The van der Waals surface area contributed by atoms with Crippen LogP contribution >= 0.6 is 0 Å². The SMILES string of the molecule is [CH2]C(F)CCCCCCCCCCC. The Kier molecular flexibility index (Phi) is 11.0. The molecule has 0 aliphatic rings. The zero-order chi connectivity index (χ0) is 10.6. The van der Waals surface area contributed by atoms with Gasteiger partial charge < -0.3 is 0 Å². The molecule has 0 rings (SSSR count). The number of halogens is 1. The van der Waals surface area contributed by atoms with Crippen molar-refractivity contribution in [3.05, 3.63) is 6.92 Å². The van der Waals surface area contributed by atoms with Crippen molar-refractivity contribution >= 4 is 0 Å². The summed E-state index contributed by atoms with van der Waals surface area (Å²) < 4.78 is 12.3. The van der Waals surface area contributed by atoms with Crippen LogP contribution in [-0.2, 0) is 0 Å². The molecular formula is C13H26F. The number of hydrogen-bond acceptors (Lipinski definition) is 0. The number of unbranched alkanes of at least 4 members (excludes halogenated alkanes) is 8. The highest BCUT2D eigenvalue weighted by Gasteiger charge is 1.97. The third kappa shape index (κ3) is 11.9. The van der Waals surface area contributed by atoms with Crippen molar-refractivity contribution < 1.29 is 4.39 Å². The molecule has 0 aliphatic heterocycles. The second-order valence-corrected chi connectivity index (χ2v) is 4.21. The van der Waals surface area contributed by atoms with Crippen molar-refractivity contribution in [2.75, 3.05) is 0 Å². The highest BCUT2D eigenvalue weighted by atomic mass is 19.1. The molecule has 0 nitrogen and oxygen atoms in total. The Labute approximate surface area is 89.3 Å². The molecule has 0 amide bonds. The van der Waals surface area contributed by atoms with Crippen LogP contribution in [0.25, 0.3) is 0 Å². The Bertz CT molecular complexity index is 99.4. The molecule has 1 unspecified atom stereocenters. The Morgan fingerprint density at radius 3 is 1.71 bits per heavy atom. The molecule has 0 heterocycles. The molecular weight excluding hydrogens is 175 g/mol. The molecule has 85 valence electrons. The van der Waals surface area contributed by atoms with Crippen LogP contribution in [0, 0.1) is 6.92 Å². The van der Waals surface area contributed by atoms with E-state index in [0.717, 1.165) is 6.42 Å². The average molecular weight is 201 g/mol. The van der Waals surface area contributed by atoms with Gasteiger partial charge in [-0.2, -0.15) is 0 Å². The molecule has 1 radical (unpaired) electrons. The van der Waals surface area contributed by atoms with Gasteiger partial charge >= 0.3 is 0 Å². The molecule has 0 aromatic heterocycles. The lowest BCUT2D eigenvalue weighted by Crippen LogP contribution is -1.91. The van der Waals surface area contributed by atoms with Gasteiger partial charge in [-0.3, -0.25) is 0 Å². The lowest BCUT2D eigenvalue weighted by Gasteiger charge is -2.02. The van der Waals surface area contributed by atoms with E-state index in [-0.39, 0.29) is 0 Å². The van der Waals surface area contributed by atoms with Gasteiger partial charge in [0.15, 0.2) is 0 Å². The van der Waals surface area contributed by atoms with E-state index < -0.39 is 6.17 Å². The predicted molar refractivity (Wildman–Crippen MR) is 62.1 cm³/mol. The summed E-state index contributed by atoms with van der Waals surface area (Å²) in [6.45, 7) is 5.58. The summed E-state index contributed by atoms with van der Waals surface area (Å²) in [5.74, 6) is 0. The number of hydrogen-bond donors (Lipinski definition) is 0. The van der Waals surface area contributed by atoms with Gasteiger partial charge in [0, 0.05) is 0 Å². The minimum Gasteiger partial charge on any atom is -0.247 e. The molecule has 0 bridgehead atoms. The van der Waals surface area contributed by atoms with E-state index in [2.05, 4.69) is 13.8 Å². The van der Waals surface area contributed by atoms with Crippen LogP contribution in [0.5, 0.6) is 0 Å². The highest BCUT2D eigenvalue weighted by molar-refractivity contribution is 4.57. The topological polar surface area (TPSA) is 0 Å². The normalized spacial score (nSPS) is 13.1. The monoisotopic (exact) mass is 201 g/mol. The van der Waals surface area contributed by atoms with Crippen molar-refractivity contribution in [2.45, 2.75) is 77.3 Å². The molecule has 0 aromatic carbocycles. The van der Waals surface area contributed by atoms with Crippen molar-refractivity contribution in [2.24, 2.45) is 0 Å². The molecule has 0 spiro atoms. The standard InChI is InChI=1S/C13H26F/c1-3-4-5-6-7-8-9-10-11-12-13(2)14/h13H,2-12H2,1H3. The summed E-state index contributed by atoms with van der Waals surface area (Å²) in [5.41, 5.74) is 0. The molecule has 0 N–H and O–H groups in total. The van der Waals surface area contributed by atoms with E-state index in [4.69, 9.17) is 0 Å². The maximum atomic E-state index is 12.3. The van der Waals surface area contributed by atoms with Crippen molar-refractivity contribution in [3.8, 4) is 0 Å². The Balaban J connectivity index is 2.85. The smallest absolute Gasteiger partial charge is 0.100 e. The maximum absolute atomic E-state index is 12.3. The van der Waals surface area contributed by atoms with Crippen molar-refractivity contribution in [1.29, 1.82) is 0 Å². The van der Waals surface area contributed by atoms with Crippen LogP contribution in [-0.4, -0.2) is 6.17 Å². The van der Waals surface area contributed by atoms with E-state index in [1.165, 1.54) is 51.4 Å². The van der Waals surface area contributed by atoms with E-state index in [0.29, 0.717) is 6.42 Å². The molecule has 0 fully saturated rings. The Morgan fingerprint density at radius 1 is 0.857 bits per heavy atom. The van der Waals surface area contributed by atoms with Crippen LogP contribution < -0.4 is 0 Å². The second kappa shape index (κ2) is 11.0. The van der Waals surface area contributed by atoms with Crippen LogP contribution in [0.2, 0.25) is 0 Å². The van der Waals surface area contributed by atoms with Gasteiger partial charge in [0.1, 0.15) is 6.17 Å². The first kappa shape index (κ1) is 13.9. The summed E-state index contributed by atoms with van der Waals surface area (Å²) in [5, 5.41) is 0. The Morgan fingerprint density at radius 2 is 1.29 bits per heavy atom. The average Bonchev–Trinajstić information content (AvgIpc) is 2.15. The van der Waals surface area contributed by atoms with E-state index in [9.17, 15) is 4.39 Å². The summed E-state index contributed by atoms with van der Waals surface area (Å²) in [4.78, 5) is 0. The quantitative estimate of drug-likeness (QED) is 0.432. The van der Waals surface area contributed by atoms with E-state index >= 15 is 0 Å². The number of rotatable bonds is 10. The molecule has 0 aromatic rings. The first-order valence-corrected chi connectivity index (χ1v) is 6.24. The summed E-state index contributed by atoms with van der Waals surface area (Å²) in [6.07, 6.45) is 11.4. The van der Waals surface area contributed by atoms with Gasteiger partial charge in [-0.15, -0.1) is 0 Å². The number of alkyl halides is 1. The first-order valence-electron chi connectivity index (χ1n) is 6.24. The first-order chi connectivity index (χ1) is 6.77. The van der Waals surface area contributed by atoms with Crippen molar-refractivity contribution in [1.82, 2.24) is 0 Å². The third-order valence-corrected chi connectivity index (χ3v) is 2.62. The summed E-state index contributed by atoms with van der Waals surface area (Å²) >= 11 is 0. The van der Waals surface area contributed by atoms with Crippen LogP contribution in [0.4, 0.5) is 4.39 Å². The third-order valence-electron chi connectivity index (χ3n) is 2.62. The maximum Gasteiger partial charge on any atom is 0.100 e. The van der Waals surface area contributed by atoms with E-state index in [1.54, 1.807) is 0 Å². The molecule has 0 aliphatic carbocycles. The van der Waals surface area contributed by atoms with Crippen LogP contribution in [0.3, 0.4) is 0 Å². The predicted octanol–water partition coefficient (Wildman–Crippen LogP) is 5.08. The summed E-state index contributed by atoms with van der Waals surface area (Å²) in [6, 6.07) is 0. The lowest BCUT2D eigenvalue weighted by molar-refractivity contribution is 0.361. The van der Waals surface area contributed by atoms with Crippen LogP contribution in [0.1, 0.15) is 71.1 Å². The summed E-state index contributed by atoms with van der Waals surface area (Å²) in [7, 11) is 0. The molecule has 14 heavy (non-hydrogen) atoms. The molecule has 1 heteroatoms. The van der Waals surface area contributed by atoms with Gasteiger partial charge in [0.25, 0.3) is 0 Å². The van der Waals surface area contributed by atoms with Crippen molar-refractivity contribution in [3.63, 3.8) is 0 Å². The largest absolute Gasteiger partial charge is 0.247 e. The minimum atomic E-state index is -0.848. The fraction of sp³-hybridized carbons (Fsp3) is 0.923. The van der Waals surface area contributed by atoms with Gasteiger partial charge in [0.2, 0.25) is 0 Å². The van der Waals surface area contributed by atoms with Crippen LogP contribution in [0.15, 0.2) is 0 Å². The van der Waals surface area contributed by atoms with Gasteiger partial charge in [-0.1, -0.05) is 64.7 Å².